The minimum absolute atomic E-state index is 0.0696. The van der Waals surface area contributed by atoms with Crippen molar-refractivity contribution in [3.05, 3.63) is 35.6 Å². The zero-order chi connectivity index (χ0) is 13.7. The van der Waals surface area contributed by atoms with Crippen LogP contribution in [0.25, 0.3) is 0 Å². The highest BCUT2D eigenvalue weighted by molar-refractivity contribution is 8.18. The molecule has 1 aliphatic heterocycles. The van der Waals surface area contributed by atoms with Crippen LogP contribution in [0.1, 0.15) is 31.7 Å². The molecule has 106 valence electrons. The fraction of sp³-hybridized carbons (Fsp3) is 0.600. The van der Waals surface area contributed by atoms with Crippen molar-refractivity contribution in [3.63, 3.8) is 0 Å². The molecule has 0 aromatic heterocycles. The highest BCUT2D eigenvalue weighted by Crippen LogP contribution is 2.57. The molecule has 2 rings (SSSR count). The number of rotatable bonds is 5. The van der Waals surface area contributed by atoms with Crippen LogP contribution in [-0.4, -0.2) is 18.1 Å². The summed E-state index contributed by atoms with van der Waals surface area (Å²) in [5, 5.41) is 0. The lowest BCUT2D eigenvalue weighted by molar-refractivity contribution is 0.428. The van der Waals surface area contributed by atoms with E-state index in [0.29, 0.717) is 12.5 Å². The van der Waals surface area contributed by atoms with Gasteiger partial charge in [0.25, 0.3) is 0 Å². The largest absolute Gasteiger partial charge is 0.330 e. The van der Waals surface area contributed by atoms with E-state index >= 15 is 0 Å². The van der Waals surface area contributed by atoms with Crippen LogP contribution < -0.4 is 5.73 Å². The molecule has 2 N–H and O–H groups in total. The fourth-order valence-electron chi connectivity index (χ4n) is 2.77. The molecule has 0 amide bonds. The summed E-state index contributed by atoms with van der Waals surface area (Å²) in [6.45, 7) is 2.87. The molecule has 1 saturated heterocycles. The Hall–Kier alpha value is -0.190. The molecule has 19 heavy (non-hydrogen) atoms. The van der Waals surface area contributed by atoms with Crippen molar-refractivity contribution in [3.8, 4) is 0 Å². The fourth-order valence-corrected chi connectivity index (χ4v) is 6.65. The van der Waals surface area contributed by atoms with Crippen LogP contribution in [0, 0.1) is 11.7 Å². The van der Waals surface area contributed by atoms with Crippen LogP contribution in [0.4, 0.5) is 4.39 Å². The van der Waals surface area contributed by atoms with Crippen LogP contribution >= 0.6 is 23.5 Å². The Morgan fingerprint density at radius 2 is 2.00 bits per heavy atom. The standard InChI is InChI=1S/C15H22FNS2/c1-2-12(8-9-17)15(18-10-5-11-19-15)13-6-3-4-7-14(13)16/h3-4,6-7,12H,2,5,8-11,17H2,1H3. The molecule has 1 unspecified atom stereocenters. The average molecular weight is 299 g/mol. The third-order valence-corrected chi connectivity index (χ3v) is 7.37. The van der Waals surface area contributed by atoms with E-state index in [2.05, 4.69) is 6.92 Å². The molecule has 0 radical (unpaired) electrons. The van der Waals surface area contributed by atoms with Gasteiger partial charge >= 0.3 is 0 Å². The van der Waals surface area contributed by atoms with Crippen LogP contribution in [0.5, 0.6) is 0 Å². The Labute approximate surface area is 123 Å². The predicted octanol–water partition coefficient (Wildman–Crippen LogP) is 4.22. The van der Waals surface area contributed by atoms with Crippen molar-refractivity contribution in [2.24, 2.45) is 11.7 Å². The smallest absolute Gasteiger partial charge is 0.128 e. The lowest BCUT2D eigenvalue weighted by atomic mass is 9.92. The molecule has 0 saturated carbocycles. The number of hydrogen-bond donors (Lipinski definition) is 1. The Balaban J connectivity index is 2.41. The van der Waals surface area contributed by atoms with Gasteiger partial charge in [0.2, 0.25) is 0 Å². The maximum absolute atomic E-state index is 14.3. The third-order valence-electron chi connectivity index (χ3n) is 3.72. The molecule has 1 heterocycles. The predicted molar refractivity (Wildman–Crippen MR) is 85.1 cm³/mol. The lowest BCUT2D eigenvalue weighted by Gasteiger charge is -2.42. The van der Waals surface area contributed by atoms with Crippen molar-refractivity contribution in [1.29, 1.82) is 0 Å². The van der Waals surface area contributed by atoms with Crippen molar-refractivity contribution in [1.82, 2.24) is 0 Å². The third kappa shape index (κ3) is 3.11. The summed E-state index contributed by atoms with van der Waals surface area (Å²) >= 11 is 3.84. The van der Waals surface area contributed by atoms with Crippen molar-refractivity contribution < 1.29 is 4.39 Å². The quantitative estimate of drug-likeness (QED) is 0.881. The SMILES string of the molecule is CCC(CCN)C1(c2ccccc2F)SCCCS1. The zero-order valence-corrected chi connectivity index (χ0v) is 13.0. The highest BCUT2D eigenvalue weighted by atomic mass is 32.2. The first-order valence-corrected chi connectivity index (χ1v) is 8.94. The summed E-state index contributed by atoms with van der Waals surface area (Å²) in [4.78, 5) is 0. The first-order valence-electron chi connectivity index (χ1n) is 6.97. The van der Waals surface area contributed by atoms with Gasteiger partial charge in [-0.1, -0.05) is 31.5 Å². The maximum Gasteiger partial charge on any atom is 0.128 e. The Bertz CT molecular complexity index is 405. The topological polar surface area (TPSA) is 26.0 Å². The normalized spacial score (nSPS) is 20.2. The number of hydrogen-bond acceptors (Lipinski definition) is 3. The number of thioether (sulfide) groups is 2. The van der Waals surface area contributed by atoms with Crippen molar-refractivity contribution in [2.45, 2.75) is 30.3 Å². The first-order chi connectivity index (χ1) is 9.24. The molecule has 0 bridgehead atoms. The van der Waals surface area contributed by atoms with E-state index in [1.54, 1.807) is 12.1 Å². The Morgan fingerprint density at radius 1 is 1.32 bits per heavy atom. The van der Waals surface area contributed by atoms with Crippen molar-refractivity contribution in [2.75, 3.05) is 18.1 Å². The van der Waals surface area contributed by atoms with E-state index in [1.807, 2.05) is 35.7 Å². The van der Waals surface area contributed by atoms with Gasteiger partial charge in [-0.05, 0) is 42.9 Å². The van der Waals surface area contributed by atoms with E-state index in [-0.39, 0.29) is 9.90 Å². The number of nitrogens with two attached hydrogens (primary N) is 1. The van der Waals surface area contributed by atoms with Gasteiger partial charge in [0.15, 0.2) is 0 Å². The van der Waals surface area contributed by atoms with E-state index in [4.69, 9.17) is 5.73 Å². The van der Waals surface area contributed by atoms with Gasteiger partial charge in [-0.15, -0.1) is 23.5 Å². The monoisotopic (exact) mass is 299 g/mol. The van der Waals surface area contributed by atoms with Crippen molar-refractivity contribution >= 4 is 23.5 Å². The van der Waals surface area contributed by atoms with E-state index in [9.17, 15) is 4.39 Å². The molecular weight excluding hydrogens is 277 g/mol. The van der Waals surface area contributed by atoms with Crippen LogP contribution in [0.3, 0.4) is 0 Å². The summed E-state index contributed by atoms with van der Waals surface area (Å²) in [6.07, 6.45) is 3.22. The van der Waals surface area contributed by atoms with Gasteiger partial charge in [-0.25, -0.2) is 4.39 Å². The minimum atomic E-state index is -0.141. The molecule has 4 heteroatoms. The van der Waals surface area contributed by atoms with Gasteiger partial charge in [-0.3, -0.25) is 0 Å². The Morgan fingerprint density at radius 3 is 2.58 bits per heavy atom. The summed E-state index contributed by atoms with van der Waals surface area (Å²) in [5.41, 5.74) is 6.64. The second-order valence-corrected chi connectivity index (χ2v) is 7.82. The van der Waals surface area contributed by atoms with E-state index in [1.165, 1.54) is 6.42 Å². The zero-order valence-electron chi connectivity index (χ0n) is 11.4. The van der Waals surface area contributed by atoms with Gasteiger partial charge in [0, 0.05) is 5.56 Å². The molecule has 1 aromatic rings. The highest BCUT2D eigenvalue weighted by Gasteiger charge is 2.43. The summed E-state index contributed by atoms with van der Waals surface area (Å²) in [5.74, 6) is 2.59. The van der Waals surface area contributed by atoms with Gasteiger partial charge in [-0.2, -0.15) is 0 Å². The number of benzene rings is 1. The van der Waals surface area contributed by atoms with Gasteiger partial charge < -0.3 is 5.73 Å². The summed E-state index contributed by atoms with van der Waals surface area (Å²) < 4.78 is 14.2. The van der Waals surface area contributed by atoms with Crippen LogP contribution in [0.15, 0.2) is 24.3 Å². The summed E-state index contributed by atoms with van der Waals surface area (Å²) in [6, 6.07) is 7.27. The minimum Gasteiger partial charge on any atom is -0.330 e. The molecule has 0 spiro atoms. The molecule has 1 nitrogen and oxygen atoms in total. The average Bonchev–Trinajstić information content (AvgIpc) is 2.46. The van der Waals surface area contributed by atoms with Crippen LogP contribution in [-0.2, 0) is 4.08 Å². The maximum atomic E-state index is 14.3. The first kappa shape index (κ1) is 15.2. The second kappa shape index (κ2) is 7.00. The summed E-state index contributed by atoms with van der Waals surface area (Å²) in [7, 11) is 0. The van der Waals surface area contributed by atoms with E-state index < -0.39 is 0 Å². The molecular formula is C15H22FNS2. The molecule has 1 atom stereocenters. The second-order valence-electron chi connectivity index (χ2n) is 4.88. The lowest BCUT2D eigenvalue weighted by Crippen LogP contribution is -2.34. The molecule has 0 aliphatic carbocycles. The van der Waals surface area contributed by atoms with Gasteiger partial charge in [0.05, 0.1) is 4.08 Å². The van der Waals surface area contributed by atoms with E-state index in [0.717, 1.165) is 29.9 Å². The Kier molecular flexibility index (Phi) is 5.60. The van der Waals surface area contributed by atoms with Gasteiger partial charge in [0.1, 0.15) is 5.82 Å². The number of halogens is 1. The molecule has 1 aliphatic rings. The molecule has 1 aromatic carbocycles. The van der Waals surface area contributed by atoms with Crippen LogP contribution in [0.2, 0.25) is 0 Å². The molecule has 1 fully saturated rings.